The van der Waals surface area contributed by atoms with Gasteiger partial charge in [-0.2, -0.15) is 10.2 Å². The molecule has 0 saturated heterocycles. The number of rotatable bonds is 5. The molecule has 0 bridgehead atoms. The van der Waals surface area contributed by atoms with Gasteiger partial charge in [0.15, 0.2) is 0 Å². The molecule has 0 N–H and O–H groups in total. The summed E-state index contributed by atoms with van der Waals surface area (Å²) in [5.74, 6) is 0. The van der Waals surface area contributed by atoms with Crippen LogP contribution in [-0.4, -0.2) is 21.6 Å². The Morgan fingerprint density at radius 1 is 0.529 bits per heavy atom. The van der Waals surface area contributed by atoms with E-state index >= 15 is 0 Å². The first-order valence-corrected chi connectivity index (χ1v) is 11.9. The molecule has 6 rings (SSSR count). The van der Waals surface area contributed by atoms with Gasteiger partial charge in [0.1, 0.15) is 0 Å². The zero-order valence-electron chi connectivity index (χ0n) is 19.4. The Morgan fingerprint density at radius 3 is 1.38 bits per heavy atom. The van der Waals surface area contributed by atoms with Crippen molar-refractivity contribution in [3.8, 4) is 0 Å². The van der Waals surface area contributed by atoms with Crippen LogP contribution in [0.4, 0.5) is 0 Å². The van der Waals surface area contributed by atoms with Gasteiger partial charge in [0, 0.05) is 56.7 Å². The number of nitrogens with zero attached hydrogens (tertiary/aromatic N) is 4. The van der Waals surface area contributed by atoms with Gasteiger partial charge in [0.05, 0.1) is 12.4 Å². The van der Waals surface area contributed by atoms with E-state index in [2.05, 4.69) is 118 Å². The number of aryl methyl sites for hydroxylation is 2. The van der Waals surface area contributed by atoms with Gasteiger partial charge in [0.25, 0.3) is 0 Å². The fourth-order valence-electron chi connectivity index (χ4n) is 5.18. The minimum Gasteiger partial charge on any atom is -0.341 e. The molecule has 0 saturated carbocycles. The van der Waals surface area contributed by atoms with E-state index in [-0.39, 0.29) is 0 Å². The molecule has 4 aromatic carbocycles. The third-order valence-corrected chi connectivity index (χ3v) is 6.71. The third kappa shape index (κ3) is 3.22. The van der Waals surface area contributed by atoms with Crippen molar-refractivity contribution in [2.75, 3.05) is 0 Å². The van der Waals surface area contributed by atoms with Crippen LogP contribution < -0.4 is 0 Å². The Hall–Kier alpha value is -4.18. The summed E-state index contributed by atoms with van der Waals surface area (Å²) in [6.07, 6.45) is 3.66. The second kappa shape index (κ2) is 8.31. The first-order chi connectivity index (χ1) is 16.8. The zero-order chi connectivity index (χ0) is 23.1. The first kappa shape index (κ1) is 20.4. The minimum absolute atomic E-state index is 0.947. The van der Waals surface area contributed by atoms with E-state index in [4.69, 9.17) is 0 Å². The summed E-state index contributed by atoms with van der Waals surface area (Å²) in [6, 6.07) is 30.1. The van der Waals surface area contributed by atoms with E-state index in [1.165, 1.54) is 43.6 Å². The second-order valence-electron chi connectivity index (χ2n) is 8.57. The van der Waals surface area contributed by atoms with E-state index in [1.807, 2.05) is 12.4 Å². The van der Waals surface area contributed by atoms with Gasteiger partial charge in [0.2, 0.25) is 0 Å². The molecule has 0 unspecified atom stereocenters. The van der Waals surface area contributed by atoms with Gasteiger partial charge >= 0.3 is 0 Å². The largest absolute Gasteiger partial charge is 0.341 e. The highest BCUT2D eigenvalue weighted by atomic mass is 15.2. The van der Waals surface area contributed by atoms with Crippen molar-refractivity contribution in [2.24, 2.45) is 10.2 Å². The SMILES string of the molecule is CCn1c2ccccc2c2cc(/C=N/N=C/c3ccc4c(c3)c3ccccc3n4CC)ccc21. The van der Waals surface area contributed by atoms with Crippen molar-refractivity contribution in [1.82, 2.24) is 9.13 Å². The van der Waals surface area contributed by atoms with Crippen molar-refractivity contribution < 1.29 is 0 Å². The van der Waals surface area contributed by atoms with Crippen LogP contribution in [0.15, 0.2) is 95.1 Å². The molecule has 0 atom stereocenters. The molecule has 166 valence electrons. The normalized spacial score (nSPS) is 12.4. The predicted molar refractivity (Wildman–Crippen MR) is 145 cm³/mol. The van der Waals surface area contributed by atoms with Crippen molar-refractivity contribution in [1.29, 1.82) is 0 Å². The van der Waals surface area contributed by atoms with Crippen molar-refractivity contribution >= 4 is 56.0 Å². The van der Waals surface area contributed by atoms with Crippen LogP contribution in [0.2, 0.25) is 0 Å². The summed E-state index contributed by atoms with van der Waals surface area (Å²) >= 11 is 0. The molecular formula is C30H26N4. The fourth-order valence-corrected chi connectivity index (χ4v) is 5.18. The zero-order valence-corrected chi connectivity index (χ0v) is 19.4. The number of aromatic nitrogens is 2. The molecular weight excluding hydrogens is 416 g/mol. The third-order valence-electron chi connectivity index (χ3n) is 6.71. The number of hydrogen-bond acceptors (Lipinski definition) is 2. The molecule has 2 aromatic heterocycles. The average Bonchev–Trinajstić information content (AvgIpc) is 3.38. The summed E-state index contributed by atoms with van der Waals surface area (Å²) in [5.41, 5.74) is 7.14. The number of benzene rings is 4. The molecule has 0 aliphatic rings. The Balaban J connectivity index is 1.32. The van der Waals surface area contributed by atoms with E-state index in [9.17, 15) is 0 Å². The molecule has 34 heavy (non-hydrogen) atoms. The van der Waals surface area contributed by atoms with E-state index in [0.717, 1.165) is 24.2 Å². The lowest BCUT2D eigenvalue weighted by atomic mass is 10.1. The lowest BCUT2D eigenvalue weighted by Crippen LogP contribution is -1.92. The maximum absolute atomic E-state index is 4.35. The predicted octanol–water partition coefficient (Wildman–Crippen LogP) is 7.40. The van der Waals surface area contributed by atoms with Crippen LogP contribution >= 0.6 is 0 Å². The smallest absolute Gasteiger partial charge is 0.0568 e. The molecule has 0 amide bonds. The van der Waals surface area contributed by atoms with Crippen LogP contribution in [0.1, 0.15) is 25.0 Å². The van der Waals surface area contributed by atoms with Crippen LogP contribution in [0, 0.1) is 0 Å². The van der Waals surface area contributed by atoms with E-state index in [0.29, 0.717) is 0 Å². The molecule has 0 fully saturated rings. The molecule has 0 aliphatic heterocycles. The standard InChI is InChI=1S/C30H26N4/c1-3-33-27-11-7-5-9-23(27)25-17-21(13-15-29(25)33)19-31-32-20-22-14-16-30-26(18-22)24-10-6-8-12-28(24)34(30)4-2/h5-20H,3-4H2,1-2H3/b31-19+,32-20+. The van der Waals surface area contributed by atoms with E-state index in [1.54, 1.807) is 0 Å². The molecule has 2 heterocycles. The average molecular weight is 443 g/mol. The molecule has 0 radical (unpaired) electrons. The minimum atomic E-state index is 0.947. The van der Waals surface area contributed by atoms with Crippen LogP contribution in [0.3, 0.4) is 0 Å². The highest BCUT2D eigenvalue weighted by molar-refractivity contribution is 6.10. The van der Waals surface area contributed by atoms with Gasteiger partial charge in [-0.1, -0.05) is 48.5 Å². The van der Waals surface area contributed by atoms with Gasteiger partial charge in [-0.25, -0.2) is 0 Å². The molecule has 0 aliphatic carbocycles. The quantitative estimate of drug-likeness (QED) is 0.197. The monoisotopic (exact) mass is 442 g/mol. The van der Waals surface area contributed by atoms with Gasteiger partial charge in [-0.3, -0.25) is 0 Å². The van der Waals surface area contributed by atoms with Crippen molar-refractivity contribution in [3.63, 3.8) is 0 Å². The Bertz CT molecular complexity index is 1600. The first-order valence-electron chi connectivity index (χ1n) is 11.9. The Kier molecular flexibility index (Phi) is 4.99. The highest BCUT2D eigenvalue weighted by Gasteiger charge is 2.10. The molecule has 4 nitrogen and oxygen atoms in total. The summed E-state index contributed by atoms with van der Waals surface area (Å²) < 4.78 is 4.71. The van der Waals surface area contributed by atoms with Crippen molar-refractivity contribution in [3.05, 3.63) is 96.1 Å². The number of fused-ring (bicyclic) bond motifs is 6. The summed E-state index contributed by atoms with van der Waals surface area (Å²) in [6.45, 7) is 6.27. The molecule has 0 spiro atoms. The lowest BCUT2D eigenvalue weighted by molar-refractivity contribution is 0.827. The number of para-hydroxylation sites is 2. The van der Waals surface area contributed by atoms with Crippen LogP contribution in [-0.2, 0) is 13.1 Å². The fraction of sp³-hybridized carbons (Fsp3) is 0.133. The van der Waals surface area contributed by atoms with Gasteiger partial charge in [-0.15, -0.1) is 0 Å². The topological polar surface area (TPSA) is 34.6 Å². The molecule has 4 heteroatoms. The van der Waals surface area contributed by atoms with Crippen molar-refractivity contribution in [2.45, 2.75) is 26.9 Å². The highest BCUT2D eigenvalue weighted by Crippen LogP contribution is 2.30. The van der Waals surface area contributed by atoms with Gasteiger partial charge < -0.3 is 9.13 Å². The van der Waals surface area contributed by atoms with Crippen LogP contribution in [0.25, 0.3) is 43.6 Å². The Morgan fingerprint density at radius 2 is 0.941 bits per heavy atom. The van der Waals surface area contributed by atoms with Gasteiger partial charge in [-0.05, 0) is 61.4 Å². The summed E-state index contributed by atoms with van der Waals surface area (Å²) in [4.78, 5) is 0. The summed E-state index contributed by atoms with van der Waals surface area (Å²) in [7, 11) is 0. The van der Waals surface area contributed by atoms with Crippen LogP contribution in [0.5, 0.6) is 0 Å². The van der Waals surface area contributed by atoms with E-state index < -0.39 is 0 Å². The lowest BCUT2D eigenvalue weighted by Gasteiger charge is -2.02. The second-order valence-corrected chi connectivity index (χ2v) is 8.57. The summed E-state index contributed by atoms with van der Waals surface area (Å²) in [5, 5.41) is 13.8. The maximum atomic E-state index is 4.35. The number of hydrogen-bond donors (Lipinski definition) is 0. The maximum Gasteiger partial charge on any atom is 0.0568 e. The molecule has 6 aromatic rings. The Labute approximate surface area is 198 Å².